The van der Waals surface area contributed by atoms with Gasteiger partial charge in [0, 0.05) is 18.4 Å². The summed E-state index contributed by atoms with van der Waals surface area (Å²) in [5, 5.41) is 9.19. The average molecular weight is 271 g/mol. The highest BCUT2D eigenvalue weighted by Gasteiger charge is 2.17. The molecule has 0 amide bonds. The van der Waals surface area contributed by atoms with E-state index < -0.39 is 5.97 Å². The van der Waals surface area contributed by atoms with Crippen molar-refractivity contribution < 1.29 is 9.90 Å². The molecule has 0 aliphatic carbocycles. The van der Waals surface area contributed by atoms with Gasteiger partial charge in [-0.1, -0.05) is 45.0 Å². The third-order valence-electron chi connectivity index (χ3n) is 3.81. The van der Waals surface area contributed by atoms with Gasteiger partial charge in [-0.25, -0.2) is 4.79 Å². The van der Waals surface area contributed by atoms with E-state index in [1.165, 1.54) is 5.56 Å². The van der Waals surface area contributed by atoms with Crippen LogP contribution in [0.5, 0.6) is 0 Å². The van der Waals surface area contributed by atoms with Gasteiger partial charge in [0.1, 0.15) is 0 Å². The Morgan fingerprint density at radius 1 is 1.15 bits per heavy atom. The van der Waals surface area contributed by atoms with E-state index in [0.29, 0.717) is 5.56 Å². The van der Waals surface area contributed by atoms with Crippen LogP contribution in [0.1, 0.15) is 42.4 Å². The van der Waals surface area contributed by atoms with Crippen molar-refractivity contribution in [2.75, 3.05) is 0 Å². The molecular weight excluding hydrogens is 250 g/mol. The second kappa shape index (κ2) is 4.82. The lowest BCUT2D eigenvalue weighted by atomic mass is 9.86. The third-order valence-corrected chi connectivity index (χ3v) is 3.81. The molecule has 1 heterocycles. The van der Waals surface area contributed by atoms with Crippen molar-refractivity contribution in [1.29, 1.82) is 0 Å². The molecule has 0 bridgehead atoms. The Morgan fingerprint density at radius 3 is 2.10 bits per heavy atom. The molecular formula is C17H21NO2. The highest BCUT2D eigenvalue weighted by molar-refractivity contribution is 5.91. The summed E-state index contributed by atoms with van der Waals surface area (Å²) in [7, 11) is 1.90. The maximum absolute atomic E-state index is 11.2. The summed E-state index contributed by atoms with van der Waals surface area (Å²) in [5.41, 5.74) is 4.49. The molecule has 0 saturated heterocycles. The van der Waals surface area contributed by atoms with Crippen LogP contribution < -0.4 is 0 Å². The zero-order valence-corrected chi connectivity index (χ0v) is 12.7. The van der Waals surface area contributed by atoms with Crippen LogP contribution >= 0.6 is 0 Å². The maximum Gasteiger partial charge on any atom is 0.337 e. The van der Waals surface area contributed by atoms with E-state index in [0.717, 1.165) is 17.0 Å². The highest BCUT2D eigenvalue weighted by atomic mass is 16.4. The molecule has 0 spiro atoms. The Labute approximate surface area is 119 Å². The molecule has 2 rings (SSSR count). The molecule has 0 aliphatic heterocycles. The minimum atomic E-state index is -0.879. The van der Waals surface area contributed by atoms with E-state index in [4.69, 9.17) is 0 Å². The smallest absolute Gasteiger partial charge is 0.337 e. The third kappa shape index (κ3) is 2.48. The SMILES string of the molecule is Cc1c(C(=O)O)cc(-c2ccc(C(C)(C)C)cc2)n1C. The number of hydrogen-bond donors (Lipinski definition) is 1. The minimum Gasteiger partial charge on any atom is -0.478 e. The Bertz CT molecular complexity index is 643. The van der Waals surface area contributed by atoms with Crippen LogP contribution in [0.2, 0.25) is 0 Å². The Kier molecular flexibility index (Phi) is 3.46. The van der Waals surface area contributed by atoms with Crippen LogP contribution in [0.4, 0.5) is 0 Å². The van der Waals surface area contributed by atoms with Crippen molar-refractivity contribution in [2.24, 2.45) is 7.05 Å². The number of benzene rings is 1. The number of aromatic nitrogens is 1. The van der Waals surface area contributed by atoms with Crippen LogP contribution in [0.15, 0.2) is 30.3 Å². The normalized spacial score (nSPS) is 11.7. The Morgan fingerprint density at radius 2 is 1.70 bits per heavy atom. The molecule has 1 N–H and O–H groups in total. The fourth-order valence-corrected chi connectivity index (χ4v) is 2.33. The van der Waals surface area contributed by atoms with Gasteiger partial charge in [-0.2, -0.15) is 0 Å². The van der Waals surface area contributed by atoms with E-state index in [2.05, 4.69) is 45.0 Å². The molecule has 0 atom stereocenters. The first kappa shape index (κ1) is 14.4. The van der Waals surface area contributed by atoms with Gasteiger partial charge in [0.2, 0.25) is 0 Å². The molecule has 1 aromatic heterocycles. The number of nitrogens with zero attached hydrogens (tertiary/aromatic N) is 1. The summed E-state index contributed by atoms with van der Waals surface area (Å²) in [6.07, 6.45) is 0. The summed E-state index contributed by atoms with van der Waals surface area (Å²) < 4.78 is 1.93. The largest absolute Gasteiger partial charge is 0.478 e. The number of carbonyl (C=O) groups is 1. The molecule has 0 radical (unpaired) electrons. The van der Waals surface area contributed by atoms with Gasteiger partial charge in [0.05, 0.1) is 5.56 Å². The highest BCUT2D eigenvalue weighted by Crippen LogP contribution is 2.28. The lowest BCUT2D eigenvalue weighted by Crippen LogP contribution is -2.10. The predicted octanol–water partition coefficient (Wildman–Crippen LogP) is 4.00. The van der Waals surface area contributed by atoms with Crippen LogP contribution in [0, 0.1) is 6.92 Å². The Balaban J connectivity index is 2.47. The number of hydrogen-bond acceptors (Lipinski definition) is 1. The van der Waals surface area contributed by atoms with E-state index in [1.807, 2.05) is 18.5 Å². The monoisotopic (exact) mass is 271 g/mol. The van der Waals surface area contributed by atoms with Crippen molar-refractivity contribution in [3.63, 3.8) is 0 Å². The van der Waals surface area contributed by atoms with Crippen LogP contribution in [0.3, 0.4) is 0 Å². The zero-order chi connectivity index (χ0) is 15.1. The van der Waals surface area contributed by atoms with Crippen molar-refractivity contribution in [1.82, 2.24) is 4.57 Å². The van der Waals surface area contributed by atoms with Gasteiger partial charge < -0.3 is 9.67 Å². The summed E-state index contributed by atoms with van der Waals surface area (Å²) in [4.78, 5) is 11.2. The molecule has 3 nitrogen and oxygen atoms in total. The van der Waals surface area contributed by atoms with Crippen molar-refractivity contribution in [3.05, 3.63) is 47.2 Å². The van der Waals surface area contributed by atoms with Gasteiger partial charge in [-0.3, -0.25) is 0 Å². The van der Waals surface area contributed by atoms with Gasteiger partial charge in [-0.15, -0.1) is 0 Å². The Hall–Kier alpha value is -2.03. The van der Waals surface area contributed by atoms with Gasteiger partial charge in [0.15, 0.2) is 0 Å². The summed E-state index contributed by atoms with van der Waals surface area (Å²) in [6, 6.07) is 10.1. The van der Waals surface area contributed by atoms with Crippen LogP contribution in [0.25, 0.3) is 11.3 Å². The number of aromatic carboxylic acids is 1. The first-order chi connectivity index (χ1) is 9.21. The van der Waals surface area contributed by atoms with Crippen LogP contribution in [-0.4, -0.2) is 15.6 Å². The topological polar surface area (TPSA) is 42.2 Å². The first-order valence-corrected chi connectivity index (χ1v) is 6.72. The lowest BCUT2D eigenvalue weighted by molar-refractivity contribution is 0.0696. The quantitative estimate of drug-likeness (QED) is 0.897. The molecule has 3 heteroatoms. The number of rotatable bonds is 2. The van der Waals surface area contributed by atoms with Crippen molar-refractivity contribution in [2.45, 2.75) is 33.1 Å². The fourth-order valence-electron chi connectivity index (χ4n) is 2.33. The standard InChI is InChI=1S/C17H21NO2/c1-11-14(16(19)20)10-15(18(11)5)12-6-8-13(9-7-12)17(2,3)4/h6-10H,1-5H3,(H,19,20). The lowest BCUT2D eigenvalue weighted by Gasteiger charge is -2.19. The second-order valence-corrected chi connectivity index (χ2v) is 6.22. The first-order valence-electron chi connectivity index (χ1n) is 6.72. The molecule has 0 fully saturated rings. The number of carboxylic acids is 1. The van der Waals surface area contributed by atoms with Gasteiger partial charge in [0.25, 0.3) is 0 Å². The fraction of sp³-hybridized carbons (Fsp3) is 0.353. The molecule has 20 heavy (non-hydrogen) atoms. The van der Waals surface area contributed by atoms with Crippen molar-refractivity contribution in [3.8, 4) is 11.3 Å². The maximum atomic E-state index is 11.2. The predicted molar refractivity (Wildman–Crippen MR) is 81.2 cm³/mol. The van der Waals surface area contributed by atoms with E-state index in [1.54, 1.807) is 6.07 Å². The molecule has 0 aliphatic rings. The van der Waals surface area contributed by atoms with Gasteiger partial charge in [-0.05, 0) is 29.5 Å². The second-order valence-electron chi connectivity index (χ2n) is 6.22. The molecule has 0 saturated carbocycles. The minimum absolute atomic E-state index is 0.120. The van der Waals surface area contributed by atoms with E-state index >= 15 is 0 Å². The molecule has 0 unspecified atom stereocenters. The summed E-state index contributed by atoms with van der Waals surface area (Å²) >= 11 is 0. The van der Waals surface area contributed by atoms with E-state index in [9.17, 15) is 9.90 Å². The van der Waals surface area contributed by atoms with Gasteiger partial charge >= 0.3 is 5.97 Å². The molecule has 106 valence electrons. The number of carboxylic acid groups (broad SMARTS) is 1. The summed E-state index contributed by atoms with van der Waals surface area (Å²) in [5.74, 6) is -0.879. The average Bonchev–Trinajstić information content (AvgIpc) is 2.66. The zero-order valence-electron chi connectivity index (χ0n) is 12.7. The summed E-state index contributed by atoms with van der Waals surface area (Å²) in [6.45, 7) is 8.36. The van der Waals surface area contributed by atoms with Crippen molar-refractivity contribution >= 4 is 5.97 Å². The van der Waals surface area contributed by atoms with E-state index in [-0.39, 0.29) is 5.41 Å². The molecule has 1 aromatic carbocycles. The molecule has 2 aromatic rings. The van der Waals surface area contributed by atoms with Crippen LogP contribution in [-0.2, 0) is 12.5 Å².